The van der Waals surface area contributed by atoms with E-state index in [1.165, 1.54) is 0 Å². The Hall–Kier alpha value is -1.69. The zero-order valence-corrected chi connectivity index (χ0v) is 12.1. The van der Waals surface area contributed by atoms with Gasteiger partial charge in [0.25, 0.3) is 0 Å². The smallest absolute Gasteiger partial charge is 0.225 e. The second-order valence-corrected chi connectivity index (χ2v) is 5.18. The minimum atomic E-state index is -0.0300. The predicted molar refractivity (Wildman–Crippen MR) is 77.2 cm³/mol. The molecule has 106 valence electrons. The van der Waals surface area contributed by atoms with Crippen molar-refractivity contribution in [1.82, 2.24) is 15.1 Å². The minimum Gasteiger partial charge on any atom is -0.367 e. The van der Waals surface area contributed by atoms with E-state index < -0.39 is 0 Å². The first kappa shape index (κ1) is 15.4. The number of nitrogens with zero attached hydrogens (tertiary/aromatic N) is 3. The molecule has 0 atom stereocenters. The molecular formula is C13H23N5O. The number of carbonyl (C=O) groups excluding carboxylic acids is 1. The summed E-state index contributed by atoms with van der Waals surface area (Å²) in [4.78, 5) is 13.6. The van der Waals surface area contributed by atoms with E-state index in [0.29, 0.717) is 24.0 Å². The van der Waals surface area contributed by atoms with Crippen molar-refractivity contribution < 1.29 is 4.79 Å². The Morgan fingerprint density at radius 2 is 1.89 bits per heavy atom. The molecule has 0 radical (unpaired) electrons. The maximum absolute atomic E-state index is 11.6. The molecule has 0 aliphatic rings. The molecule has 6 nitrogen and oxygen atoms in total. The van der Waals surface area contributed by atoms with Gasteiger partial charge in [-0.3, -0.25) is 4.79 Å². The third-order valence-electron chi connectivity index (χ3n) is 2.39. The van der Waals surface area contributed by atoms with Crippen LogP contribution in [0.3, 0.4) is 0 Å². The highest BCUT2D eigenvalue weighted by Crippen LogP contribution is 2.07. The van der Waals surface area contributed by atoms with Crippen LogP contribution in [0.15, 0.2) is 12.1 Å². The Kier molecular flexibility index (Phi) is 6.21. The van der Waals surface area contributed by atoms with E-state index >= 15 is 0 Å². The molecule has 0 aromatic carbocycles. The molecule has 0 spiro atoms. The lowest BCUT2D eigenvalue weighted by atomic mass is 10.1. The van der Waals surface area contributed by atoms with Crippen molar-refractivity contribution >= 4 is 17.5 Å². The van der Waals surface area contributed by atoms with E-state index in [-0.39, 0.29) is 5.91 Å². The van der Waals surface area contributed by atoms with E-state index in [1.54, 1.807) is 6.07 Å². The monoisotopic (exact) mass is 265 g/mol. The second kappa shape index (κ2) is 7.68. The Bertz CT molecular complexity index is 389. The Morgan fingerprint density at radius 1 is 1.26 bits per heavy atom. The van der Waals surface area contributed by atoms with E-state index in [4.69, 9.17) is 0 Å². The van der Waals surface area contributed by atoms with E-state index in [1.807, 2.05) is 34.0 Å². The molecule has 1 aromatic heterocycles. The zero-order chi connectivity index (χ0) is 14.3. The largest absolute Gasteiger partial charge is 0.367 e. The van der Waals surface area contributed by atoms with Gasteiger partial charge in [-0.2, -0.15) is 0 Å². The quantitative estimate of drug-likeness (QED) is 0.780. The average Bonchev–Trinajstić information content (AvgIpc) is 2.29. The number of aromatic nitrogens is 2. The van der Waals surface area contributed by atoms with E-state index in [9.17, 15) is 4.79 Å². The number of anilines is 2. The van der Waals surface area contributed by atoms with Gasteiger partial charge >= 0.3 is 0 Å². The van der Waals surface area contributed by atoms with Crippen molar-refractivity contribution in [3.8, 4) is 0 Å². The Morgan fingerprint density at radius 3 is 2.42 bits per heavy atom. The molecule has 2 N–H and O–H groups in total. The molecule has 0 fully saturated rings. The topological polar surface area (TPSA) is 70.2 Å². The van der Waals surface area contributed by atoms with Gasteiger partial charge in [0, 0.05) is 19.5 Å². The van der Waals surface area contributed by atoms with Gasteiger partial charge in [0.1, 0.15) is 5.82 Å². The summed E-state index contributed by atoms with van der Waals surface area (Å²) in [6.45, 7) is 5.74. The number of hydrogen-bond acceptors (Lipinski definition) is 5. The lowest BCUT2D eigenvalue weighted by molar-refractivity contribution is -0.116. The maximum Gasteiger partial charge on any atom is 0.225 e. The van der Waals surface area contributed by atoms with Crippen LogP contribution in [0.2, 0.25) is 0 Å². The van der Waals surface area contributed by atoms with Crippen molar-refractivity contribution in [1.29, 1.82) is 0 Å². The molecule has 19 heavy (non-hydrogen) atoms. The molecule has 0 saturated heterocycles. The van der Waals surface area contributed by atoms with Crippen LogP contribution in [-0.2, 0) is 4.79 Å². The standard InChI is InChI=1S/C13H23N5O/c1-10(2)9-13(19)15-12-6-5-11(16-17-12)14-7-8-18(3)4/h5-6,10H,7-9H2,1-4H3,(H,14,16)(H,15,17,19). The first-order valence-electron chi connectivity index (χ1n) is 6.49. The highest BCUT2D eigenvalue weighted by atomic mass is 16.1. The fourth-order valence-corrected chi connectivity index (χ4v) is 1.47. The summed E-state index contributed by atoms with van der Waals surface area (Å²) in [6, 6.07) is 3.57. The van der Waals surface area contributed by atoms with Gasteiger partial charge in [-0.25, -0.2) is 0 Å². The molecule has 0 aliphatic heterocycles. The molecular weight excluding hydrogens is 242 g/mol. The number of rotatable bonds is 7. The van der Waals surface area contributed by atoms with Crippen molar-refractivity contribution in [3.05, 3.63) is 12.1 Å². The molecule has 1 rings (SSSR count). The second-order valence-electron chi connectivity index (χ2n) is 5.18. The highest BCUT2D eigenvalue weighted by molar-refractivity contribution is 5.89. The minimum absolute atomic E-state index is 0.0300. The molecule has 1 aromatic rings. The van der Waals surface area contributed by atoms with Crippen molar-refractivity contribution in [2.45, 2.75) is 20.3 Å². The molecule has 1 amide bonds. The van der Waals surface area contributed by atoms with Gasteiger partial charge in [0.2, 0.25) is 5.91 Å². The molecule has 0 aliphatic carbocycles. The van der Waals surface area contributed by atoms with Gasteiger partial charge in [-0.1, -0.05) is 13.8 Å². The highest BCUT2D eigenvalue weighted by Gasteiger charge is 2.06. The number of likely N-dealkylation sites (N-methyl/N-ethyl adjacent to an activating group) is 1. The molecule has 6 heteroatoms. The van der Waals surface area contributed by atoms with Crippen LogP contribution >= 0.6 is 0 Å². The van der Waals surface area contributed by atoms with E-state index in [2.05, 4.69) is 25.7 Å². The zero-order valence-electron chi connectivity index (χ0n) is 12.1. The fourth-order valence-electron chi connectivity index (χ4n) is 1.47. The number of amides is 1. The van der Waals surface area contributed by atoms with Gasteiger partial charge in [-0.15, -0.1) is 10.2 Å². The fraction of sp³-hybridized carbons (Fsp3) is 0.615. The summed E-state index contributed by atoms with van der Waals surface area (Å²) in [5.74, 6) is 1.50. The summed E-state index contributed by atoms with van der Waals surface area (Å²) in [7, 11) is 4.03. The third-order valence-corrected chi connectivity index (χ3v) is 2.39. The van der Waals surface area contributed by atoms with Crippen LogP contribution in [0.4, 0.5) is 11.6 Å². The van der Waals surface area contributed by atoms with Crippen LogP contribution in [0.5, 0.6) is 0 Å². The Balaban J connectivity index is 2.41. The van der Waals surface area contributed by atoms with Crippen LogP contribution in [0.25, 0.3) is 0 Å². The number of hydrogen-bond donors (Lipinski definition) is 2. The van der Waals surface area contributed by atoms with E-state index in [0.717, 1.165) is 13.1 Å². The van der Waals surface area contributed by atoms with Crippen molar-refractivity contribution in [2.24, 2.45) is 5.92 Å². The Labute approximate surface area is 114 Å². The summed E-state index contributed by atoms with van der Waals surface area (Å²) in [5, 5.41) is 13.9. The van der Waals surface area contributed by atoms with Crippen molar-refractivity contribution in [2.75, 3.05) is 37.8 Å². The van der Waals surface area contributed by atoms with Crippen molar-refractivity contribution in [3.63, 3.8) is 0 Å². The van der Waals surface area contributed by atoms with Gasteiger partial charge in [0.05, 0.1) is 0 Å². The van der Waals surface area contributed by atoms with Gasteiger partial charge in [-0.05, 0) is 32.1 Å². The average molecular weight is 265 g/mol. The van der Waals surface area contributed by atoms with Crippen LogP contribution in [-0.4, -0.2) is 48.2 Å². The SMILES string of the molecule is CC(C)CC(=O)Nc1ccc(NCCN(C)C)nn1. The van der Waals surface area contributed by atoms with Crippen LogP contribution < -0.4 is 10.6 Å². The summed E-state index contributed by atoms with van der Waals surface area (Å²) in [5.41, 5.74) is 0. The first-order chi connectivity index (χ1) is 8.97. The molecule has 0 bridgehead atoms. The van der Waals surface area contributed by atoms with Gasteiger partial charge < -0.3 is 15.5 Å². The first-order valence-corrected chi connectivity index (χ1v) is 6.49. The summed E-state index contributed by atoms with van der Waals surface area (Å²) in [6.07, 6.45) is 0.491. The predicted octanol–water partition coefficient (Wildman–Crippen LogP) is 1.43. The molecule has 1 heterocycles. The number of nitrogens with one attached hydrogen (secondary N) is 2. The third kappa shape index (κ3) is 6.71. The normalized spacial score (nSPS) is 10.8. The summed E-state index contributed by atoms with van der Waals surface area (Å²) < 4.78 is 0. The summed E-state index contributed by atoms with van der Waals surface area (Å²) >= 11 is 0. The number of carbonyl (C=O) groups is 1. The molecule has 0 unspecified atom stereocenters. The molecule has 0 saturated carbocycles. The van der Waals surface area contributed by atoms with Crippen LogP contribution in [0, 0.1) is 5.92 Å². The lowest BCUT2D eigenvalue weighted by Gasteiger charge is -2.10. The maximum atomic E-state index is 11.6. The van der Waals surface area contributed by atoms with Crippen LogP contribution in [0.1, 0.15) is 20.3 Å². The lowest BCUT2D eigenvalue weighted by Crippen LogP contribution is -2.21. The van der Waals surface area contributed by atoms with Gasteiger partial charge in [0.15, 0.2) is 5.82 Å².